The van der Waals surface area contributed by atoms with Gasteiger partial charge in [-0.3, -0.25) is 4.79 Å². The number of amides is 1. The Hall–Kier alpha value is -1.70. The maximum atomic E-state index is 12.9. The highest BCUT2D eigenvalue weighted by molar-refractivity contribution is 7.13. The first-order chi connectivity index (χ1) is 10.6. The molecule has 0 spiro atoms. The molecule has 1 saturated heterocycles. The first kappa shape index (κ1) is 15.2. The van der Waals surface area contributed by atoms with E-state index in [1.165, 1.54) is 11.3 Å². The number of rotatable bonds is 3. The van der Waals surface area contributed by atoms with E-state index in [9.17, 15) is 9.90 Å². The van der Waals surface area contributed by atoms with Crippen LogP contribution in [0.3, 0.4) is 0 Å². The summed E-state index contributed by atoms with van der Waals surface area (Å²) in [5.41, 5.74) is 0.914. The molecule has 22 heavy (non-hydrogen) atoms. The average molecular weight is 321 g/mol. The van der Waals surface area contributed by atoms with Crippen molar-refractivity contribution in [2.24, 2.45) is 0 Å². The van der Waals surface area contributed by atoms with Gasteiger partial charge in [0.15, 0.2) is 5.76 Å². The van der Waals surface area contributed by atoms with Gasteiger partial charge in [-0.05, 0) is 25.4 Å². The number of nitrogens with zero attached hydrogens (tertiary/aromatic N) is 3. The Kier molecular flexibility index (Phi) is 4.28. The van der Waals surface area contributed by atoms with Gasteiger partial charge < -0.3 is 19.4 Å². The van der Waals surface area contributed by atoms with E-state index < -0.39 is 6.10 Å². The first-order valence-corrected chi connectivity index (χ1v) is 8.15. The number of aromatic nitrogens is 1. The van der Waals surface area contributed by atoms with E-state index in [1.807, 2.05) is 24.6 Å². The van der Waals surface area contributed by atoms with Crippen LogP contribution in [-0.4, -0.2) is 59.2 Å². The third-order valence-electron chi connectivity index (χ3n) is 3.86. The van der Waals surface area contributed by atoms with Gasteiger partial charge in [-0.25, -0.2) is 0 Å². The van der Waals surface area contributed by atoms with Crippen molar-refractivity contribution < 1.29 is 14.4 Å². The predicted molar refractivity (Wildman–Crippen MR) is 83.9 cm³/mol. The van der Waals surface area contributed by atoms with Crippen molar-refractivity contribution in [1.29, 1.82) is 0 Å². The summed E-state index contributed by atoms with van der Waals surface area (Å²) < 4.78 is 5.26. The van der Waals surface area contributed by atoms with Gasteiger partial charge in [0.2, 0.25) is 0 Å². The Morgan fingerprint density at radius 2 is 2.14 bits per heavy atom. The summed E-state index contributed by atoms with van der Waals surface area (Å²) in [5.74, 6) is 0.126. The van der Waals surface area contributed by atoms with Crippen molar-refractivity contribution in [2.45, 2.75) is 13.0 Å². The third-order valence-corrected chi connectivity index (χ3v) is 4.73. The van der Waals surface area contributed by atoms with Gasteiger partial charge in [-0.1, -0.05) is 11.2 Å². The number of carbonyl (C=O) groups is 1. The molecule has 0 saturated carbocycles. The summed E-state index contributed by atoms with van der Waals surface area (Å²) in [6.07, 6.45) is -0.868. The topological polar surface area (TPSA) is 69.8 Å². The van der Waals surface area contributed by atoms with Crippen LogP contribution < -0.4 is 0 Å². The Labute approximate surface area is 132 Å². The van der Waals surface area contributed by atoms with Crippen molar-refractivity contribution in [3.63, 3.8) is 0 Å². The van der Waals surface area contributed by atoms with E-state index in [0.717, 1.165) is 18.0 Å². The molecule has 1 aliphatic rings. The zero-order chi connectivity index (χ0) is 15.7. The molecule has 0 aromatic carbocycles. The van der Waals surface area contributed by atoms with E-state index in [0.29, 0.717) is 24.3 Å². The van der Waals surface area contributed by atoms with Crippen LogP contribution in [-0.2, 0) is 0 Å². The minimum atomic E-state index is -0.868. The molecule has 6 nitrogen and oxygen atoms in total. The number of piperazine rings is 1. The molecule has 1 unspecified atom stereocenters. The molecule has 2 aromatic heterocycles. The smallest absolute Gasteiger partial charge is 0.259 e. The second kappa shape index (κ2) is 6.20. The maximum absolute atomic E-state index is 12.9. The van der Waals surface area contributed by atoms with Gasteiger partial charge in [0.25, 0.3) is 5.91 Å². The van der Waals surface area contributed by atoms with Crippen molar-refractivity contribution in [2.75, 3.05) is 33.2 Å². The van der Waals surface area contributed by atoms with Crippen LogP contribution in [0.4, 0.5) is 0 Å². The van der Waals surface area contributed by atoms with Gasteiger partial charge in [0, 0.05) is 26.2 Å². The molecule has 0 bridgehead atoms. The molecule has 1 fully saturated rings. The largest absolute Gasteiger partial charge is 0.385 e. The number of aliphatic hydroxyl groups is 1. The number of hydrogen-bond donors (Lipinski definition) is 1. The van der Waals surface area contributed by atoms with Gasteiger partial charge in [-0.2, -0.15) is 0 Å². The molecule has 3 rings (SSSR count). The molecule has 0 radical (unpaired) electrons. The molecule has 7 heteroatoms. The molecule has 1 N–H and O–H groups in total. The molecule has 118 valence electrons. The van der Waals surface area contributed by atoms with Gasteiger partial charge in [-0.15, -0.1) is 11.3 Å². The number of hydrogen-bond acceptors (Lipinski definition) is 6. The SMILES string of the molecule is CC(O)c1onc(-c2cccs2)c1C(=O)N1CCN(C)CC1. The minimum absolute atomic E-state index is 0.117. The van der Waals surface area contributed by atoms with E-state index in [2.05, 4.69) is 10.1 Å². The second-order valence-corrected chi connectivity index (χ2v) is 6.47. The molecular weight excluding hydrogens is 302 g/mol. The van der Waals surface area contributed by atoms with Gasteiger partial charge in [0.05, 0.1) is 4.88 Å². The monoisotopic (exact) mass is 321 g/mol. The van der Waals surface area contributed by atoms with Crippen molar-refractivity contribution in [3.8, 4) is 10.6 Å². The first-order valence-electron chi connectivity index (χ1n) is 7.27. The van der Waals surface area contributed by atoms with Crippen LogP contribution in [0.15, 0.2) is 22.0 Å². The molecule has 1 aliphatic heterocycles. The highest BCUT2D eigenvalue weighted by atomic mass is 32.1. The van der Waals surface area contributed by atoms with Crippen molar-refractivity contribution in [3.05, 3.63) is 28.8 Å². The van der Waals surface area contributed by atoms with E-state index >= 15 is 0 Å². The van der Waals surface area contributed by atoms with Crippen LogP contribution in [0.25, 0.3) is 10.6 Å². The fourth-order valence-electron chi connectivity index (χ4n) is 2.54. The minimum Gasteiger partial charge on any atom is -0.385 e. The maximum Gasteiger partial charge on any atom is 0.259 e. The number of carbonyl (C=O) groups excluding carboxylic acids is 1. The summed E-state index contributed by atoms with van der Waals surface area (Å²) in [5, 5.41) is 15.9. The lowest BCUT2D eigenvalue weighted by Gasteiger charge is -2.32. The van der Waals surface area contributed by atoms with Crippen LogP contribution in [0.1, 0.15) is 29.1 Å². The standard InChI is InChI=1S/C15H19N3O3S/c1-10(19)14-12(13(16-21-14)11-4-3-9-22-11)15(20)18-7-5-17(2)6-8-18/h3-4,9-10,19H,5-8H2,1-2H3. The van der Waals surface area contributed by atoms with E-state index in [1.54, 1.807) is 11.8 Å². The Balaban J connectivity index is 1.97. The predicted octanol–water partition coefficient (Wildman–Crippen LogP) is 1.84. The van der Waals surface area contributed by atoms with Crippen LogP contribution in [0, 0.1) is 0 Å². The lowest BCUT2D eigenvalue weighted by atomic mass is 10.1. The van der Waals surface area contributed by atoms with Gasteiger partial charge in [0.1, 0.15) is 17.4 Å². The van der Waals surface area contributed by atoms with E-state index in [4.69, 9.17) is 4.52 Å². The van der Waals surface area contributed by atoms with Crippen molar-refractivity contribution >= 4 is 17.2 Å². The quantitative estimate of drug-likeness (QED) is 0.934. The van der Waals surface area contributed by atoms with Crippen LogP contribution >= 0.6 is 11.3 Å². The Morgan fingerprint density at radius 3 is 2.73 bits per heavy atom. The molecular formula is C15H19N3O3S. The van der Waals surface area contributed by atoms with Crippen LogP contribution in [0.5, 0.6) is 0 Å². The highest BCUT2D eigenvalue weighted by Gasteiger charge is 2.31. The molecule has 3 heterocycles. The average Bonchev–Trinajstić information content (AvgIpc) is 3.16. The summed E-state index contributed by atoms with van der Waals surface area (Å²) in [6, 6.07) is 3.80. The third kappa shape index (κ3) is 2.79. The Morgan fingerprint density at radius 1 is 1.41 bits per heavy atom. The summed E-state index contributed by atoms with van der Waals surface area (Å²) in [7, 11) is 2.04. The second-order valence-electron chi connectivity index (χ2n) is 5.52. The number of thiophene rings is 1. The fraction of sp³-hybridized carbons (Fsp3) is 0.467. The molecule has 1 amide bonds. The summed E-state index contributed by atoms with van der Waals surface area (Å²) in [6.45, 7) is 4.61. The van der Waals surface area contributed by atoms with Crippen molar-refractivity contribution in [1.82, 2.24) is 15.0 Å². The van der Waals surface area contributed by atoms with Gasteiger partial charge >= 0.3 is 0 Å². The number of aliphatic hydroxyl groups excluding tert-OH is 1. The summed E-state index contributed by atoms with van der Waals surface area (Å²) in [4.78, 5) is 17.8. The highest BCUT2D eigenvalue weighted by Crippen LogP contribution is 2.32. The lowest BCUT2D eigenvalue weighted by molar-refractivity contribution is 0.0654. The van der Waals surface area contributed by atoms with Crippen LogP contribution in [0.2, 0.25) is 0 Å². The lowest BCUT2D eigenvalue weighted by Crippen LogP contribution is -2.47. The molecule has 2 aromatic rings. The zero-order valence-corrected chi connectivity index (χ0v) is 13.5. The number of likely N-dealkylation sites (N-methyl/N-ethyl adjacent to an activating group) is 1. The normalized spacial score (nSPS) is 17.7. The zero-order valence-electron chi connectivity index (χ0n) is 12.7. The summed E-state index contributed by atoms with van der Waals surface area (Å²) >= 11 is 1.50. The molecule has 0 aliphatic carbocycles. The Bertz CT molecular complexity index is 643. The molecule has 1 atom stereocenters. The van der Waals surface area contributed by atoms with E-state index in [-0.39, 0.29) is 11.7 Å². The fourth-order valence-corrected chi connectivity index (χ4v) is 3.26.